The number of nitrogens with one attached hydrogen (secondary N) is 2. The molecule has 1 heterocycles. The van der Waals surface area contributed by atoms with Crippen LogP contribution in [-0.4, -0.2) is 22.7 Å². The van der Waals surface area contributed by atoms with Gasteiger partial charge in [0.15, 0.2) is 0 Å². The number of carbonyl (C=O) groups is 3. The molecule has 1 aromatic heterocycles. The van der Waals surface area contributed by atoms with Crippen LogP contribution in [0.2, 0.25) is 0 Å². The van der Waals surface area contributed by atoms with Gasteiger partial charge in [0.1, 0.15) is 5.82 Å². The molecule has 0 aliphatic rings. The standard InChI is InChI=1S/C15H14N4O3/c1-9-2-7-12(17-8-9)19-15(22)14(21)18-11-5-3-10(4-6-11)13(16)20/h2-8H,1H3,(H2,16,20)(H,18,21)(H,17,19,22). The number of benzene rings is 1. The van der Waals surface area contributed by atoms with Crippen molar-refractivity contribution in [2.24, 2.45) is 5.73 Å². The highest BCUT2D eigenvalue weighted by Crippen LogP contribution is 2.09. The zero-order valence-electron chi connectivity index (χ0n) is 11.8. The van der Waals surface area contributed by atoms with Crippen molar-refractivity contribution >= 4 is 29.2 Å². The van der Waals surface area contributed by atoms with Gasteiger partial charge in [0.25, 0.3) is 0 Å². The van der Waals surface area contributed by atoms with E-state index in [0.29, 0.717) is 11.3 Å². The van der Waals surface area contributed by atoms with Crippen LogP contribution in [-0.2, 0) is 9.59 Å². The van der Waals surface area contributed by atoms with E-state index >= 15 is 0 Å². The third kappa shape index (κ3) is 3.89. The molecule has 0 atom stereocenters. The van der Waals surface area contributed by atoms with Crippen molar-refractivity contribution in [2.75, 3.05) is 10.6 Å². The molecule has 3 amide bonds. The SMILES string of the molecule is Cc1ccc(NC(=O)C(=O)Nc2ccc(C(N)=O)cc2)nc1. The van der Waals surface area contributed by atoms with Crippen LogP contribution >= 0.6 is 0 Å². The summed E-state index contributed by atoms with van der Waals surface area (Å²) < 4.78 is 0. The van der Waals surface area contributed by atoms with Gasteiger partial charge in [0, 0.05) is 17.4 Å². The summed E-state index contributed by atoms with van der Waals surface area (Å²) in [7, 11) is 0. The summed E-state index contributed by atoms with van der Waals surface area (Å²) in [4.78, 5) is 38.4. The summed E-state index contributed by atoms with van der Waals surface area (Å²) in [6, 6.07) is 9.24. The van der Waals surface area contributed by atoms with Crippen LogP contribution in [0.1, 0.15) is 15.9 Å². The maximum atomic E-state index is 11.8. The first kappa shape index (κ1) is 15.2. The quantitative estimate of drug-likeness (QED) is 0.735. The van der Waals surface area contributed by atoms with Gasteiger partial charge in [0.05, 0.1) is 0 Å². The molecule has 0 fully saturated rings. The van der Waals surface area contributed by atoms with Gasteiger partial charge in [-0.2, -0.15) is 0 Å². The monoisotopic (exact) mass is 298 g/mol. The maximum Gasteiger partial charge on any atom is 0.315 e. The van der Waals surface area contributed by atoms with Gasteiger partial charge in [-0.25, -0.2) is 4.98 Å². The molecule has 7 nitrogen and oxygen atoms in total. The number of primary amides is 1. The topological polar surface area (TPSA) is 114 Å². The fraction of sp³-hybridized carbons (Fsp3) is 0.0667. The van der Waals surface area contributed by atoms with Crippen LogP contribution in [0.5, 0.6) is 0 Å². The highest BCUT2D eigenvalue weighted by molar-refractivity contribution is 6.43. The summed E-state index contributed by atoms with van der Waals surface area (Å²) in [5.74, 6) is -1.96. The van der Waals surface area contributed by atoms with Gasteiger partial charge in [-0.05, 0) is 42.8 Å². The molecule has 2 rings (SSSR count). The Hall–Kier alpha value is -3.22. The highest BCUT2D eigenvalue weighted by atomic mass is 16.2. The summed E-state index contributed by atoms with van der Waals surface area (Å²) in [5, 5.41) is 4.79. The van der Waals surface area contributed by atoms with E-state index in [-0.39, 0.29) is 5.82 Å². The third-order valence-electron chi connectivity index (χ3n) is 2.79. The molecule has 0 aliphatic heterocycles. The molecule has 0 unspecified atom stereocenters. The normalized spacial score (nSPS) is 9.86. The number of anilines is 2. The molecule has 0 saturated carbocycles. The third-order valence-corrected chi connectivity index (χ3v) is 2.79. The second-order valence-electron chi connectivity index (χ2n) is 4.57. The maximum absolute atomic E-state index is 11.8. The number of aryl methyl sites for hydroxylation is 1. The van der Waals surface area contributed by atoms with E-state index in [2.05, 4.69) is 15.6 Å². The zero-order chi connectivity index (χ0) is 16.1. The van der Waals surface area contributed by atoms with Crippen LogP contribution in [0, 0.1) is 6.92 Å². The molecular formula is C15H14N4O3. The molecule has 1 aromatic carbocycles. The largest absolute Gasteiger partial charge is 0.366 e. The minimum atomic E-state index is -0.839. The van der Waals surface area contributed by atoms with Gasteiger partial charge in [-0.3, -0.25) is 14.4 Å². The summed E-state index contributed by atoms with van der Waals surface area (Å²) >= 11 is 0. The molecule has 0 saturated heterocycles. The smallest absolute Gasteiger partial charge is 0.315 e. The van der Waals surface area contributed by atoms with Crippen LogP contribution in [0.15, 0.2) is 42.6 Å². The minimum absolute atomic E-state index is 0.287. The van der Waals surface area contributed by atoms with Crippen molar-refractivity contribution in [3.63, 3.8) is 0 Å². The first-order valence-corrected chi connectivity index (χ1v) is 6.40. The predicted molar refractivity (Wildman–Crippen MR) is 81.2 cm³/mol. The number of rotatable bonds is 3. The van der Waals surface area contributed by atoms with E-state index in [1.165, 1.54) is 24.3 Å². The van der Waals surface area contributed by atoms with E-state index < -0.39 is 17.7 Å². The lowest BCUT2D eigenvalue weighted by Crippen LogP contribution is -2.29. The zero-order valence-corrected chi connectivity index (χ0v) is 11.8. The fourth-order valence-electron chi connectivity index (χ4n) is 1.62. The molecular weight excluding hydrogens is 284 g/mol. The Bertz CT molecular complexity index is 709. The van der Waals surface area contributed by atoms with Gasteiger partial charge < -0.3 is 16.4 Å². The Labute approximate surface area is 126 Å². The Kier molecular flexibility index (Phi) is 4.47. The second-order valence-corrected chi connectivity index (χ2v) is 4.57. The Morgan fingerprint density at radius 3 is 2.14 bits per heavy atom. The molecule has 0 spiro atoms. The Morgan fingerprint density at radius 1 is 0.955 bits per heavy atom. The molecule has 0 bridgehead atoms. The van der Waals surface area contributed by atoms with Gasteiger partial charge >= 0.3 is 11.8 Å². The van der Waals surface area contributed by atoms with E-state index in [1.807, 2.05) is 6.92 Å². The predicted octanol–water partition coefficient (Wildman–Crippen LogP) is 1.07. The minimum Gasteiger partial charge on any atom is -0.366 e. The van der Waals surface area contributed by atoms with E-state index in [4.69, 9.17) is 5.73 Å². The molecule has 22 heavy (non-hydrogen) atoms. The molecule has 0 radical (unpaired) electrons. The fourth-order valence-corrected chi connectivity index (χ4v) is 1.62. The van der Waals surface area contributed by atoms with Crippen molar-refractivity contribution in [2.45, 2.75) is 6.92 Å². The van der Waals surface area contributed by atoms with Crippen molar-refractivity contribution in [3.05, 3.63) is 53.7 Å². The van der Waals surface area contributed by atoms with Gasteiger partial charge in [0.2, 0.25) is 5.91 Å². The number of nitrogens with two attached hydrogens (primary N) is 1. The first-order valence-electron chi connectivity index (χ1n) is 6.40. The Balaban J connectivity index is 1.97. The first-order chi connectivity index (χ1) is 10.5. The summed E-state index contributed by atoms with van der Waals surface area (Å²) in [6.45, 7) is 1.86. The lowest BCUT2D eigenvalue weighted by Gasteiger charge is -2.06. The van der Waals surface area contributed by atoms with E-state index in [9.17, 15) is 14.4 Å². The van der Waals surface area contributed by atoms with Crippen molar-refractivity contribution in [1.29, 1.82) is 0 Å². The number of aromatic nitrogens is 1. The molecule has 7 heteroatoms. The Morgan fingerprint density at radius 2 is 1.59 bits per heavy atom. The van der Waals surface area contributed by atoms with Crippen molar-refractivity contribution in [1.82, 2.24) is 4.98 Å². The van der Waals surface area contributed by atoms with Crippen molar-refractivity contribution in [3.8, 4) is 0 Å². The van der Waals surface area contributed by atoms with Gasteiger partial charge in [-0.15, -0.1) is 0 Å². The number of hydrogen-bond donors (Lipinski definition) is 3. The average molecular weight is 298 g/mol. The van der Waals surface area contributed by atoms with Gasteiger partial charge in [-0.1, -0.05) is 6.07 Å². The van der Waals surface area contributed by atoms with Crippen LogP contribution in [0.25, 0.3) is 0 Å². The molecule has 112 valence electrons. The number of pyridine rings is 1. The van der Waals surface area contributed by atoms with Crippen molar-refractivity contribution < 1.29 is 14.4 Å². The second kappa shape index (κ2) is 6.49. The lowest BCUT2D eigenvalue weighted by molar-refractivity contribution is -0.133. The van der Waals surface area contributed by atoms with Crippen LogP contribution < -0.4 is 16.4 Å². The molecule has 2 aromatic rings. The van der Waals surface area contributed by atoms with E-state index in [0.717, 1.165) is 5.56 Å². The molecule has 4 N–H and O–H groups in total. The van der Waals surface area contributed by atoms with Crippen LogP contribution in [0.4, 0.5) is 11.5 Å². The summed E-state index contributed by atoms with van der Waals surface area (Å²) in [6.07, 6.45) is 1.58. The summed E-state index contributed by atoms with van der Waals surface area (Å²) in [5.41, 5.74) is 6.74. The number of carbonyl (C=O) groups excluding carboxylic acids is 3. The number of hydrogen-bond acceptors (Lipinski definition) is 4. The molecule has 0 aliphatic carbocycles. The van der Waals surface area contributed by atoms with E-state index in [1.54, 1.807) is 18.3 Å². The lowest BCUT2D eigenvalue weighted by atomic mass is 10.2. The highest BCUT2D eigenvalue weighted by Gasteiger charge is 2.14. The van der Waals surface area contributed by atoms with Crippen LogP contribution in [0.3, 0.4) is 0 Å². The number of amides is 3. The number of nitrogens with zero attached hydrogens (tertiary/aromatic N) is 1. The average Bonchev–Trinajstić information content (AvgIpc) is 2.50.